The lowest BCUT2D eigenvalue weighted by Gasteiger charge is -2.14. The Morgan fingerprint density at radius 2 is 2.14 bits per heavy atom. The van der Waals surface area contributed by atoms with Crippen molar-refractivity contribution in [3.63, 3.8) is 0 Å². The fourth-order valence-electron chi connectivity index (χ4n) is 1.72. The maximum absolute atomic E-state index is 11.9. The number of carbonyl (C=O) groups is 2. The molecule has 0 aliphatic carbocycles. The first-order valence-electron chi connectivity index (χ1n) is 6.49. The smallest absolute Gasteiger partial charge is 0.329 e. The third-order valence-electron chi connectivity index (χ3n) is 2.79. The third-order valence-corrected chi connectivity index (χ3v) is 2.79. The van der Waals surface area contributed by atoms with Gasteiger partial charge in [0.25, 0.3) is 0 Å². The highest BCUT2D eigenvalue weighted by molar-refractivity contribution is 5.95. The van der Waals surface area contributed by atoms with Crippen molar-refractivity contribution in [2.24, 2.45) is 5.73 Å². The van der Waals surface area contributed by atoms with E-state index in [9.17, 15) is 9.59 Å². The average molecular weight is 288 g/mol. The summed E-state index contributed by atoms with van der Waals surface area (Å²) in [6.45, 7) is 0.662. The van der Waals surface area contributed by atoms with Crippen molar-refractivity contribution in [3.8, 4) is 11.3 Å². The molecule has 0 atom stereocenters. The van der Waals surface area contributed by atoms with Gasteiger partial charge in [-0.15, -0.1) is 0 Å². The molecule has 2 rings (SSSR count). The van der Waals surface area contributed by atoms with Crippen LogP contribution in [0.3, 0.4) is 0 Å². The van der Waals surface area contributed by atoms with Crippen LogP contribution in [0.5, 0.6) is 0 Å². The van der Waals surface area contributed by atoms with Gasteiger partial charge in [-0.25, -0.2) is 4.79 Å². The summed E-state index contributed by atoms with van der Waals surface area (Å²) in [5, 5.41) is 6.26. The SMILES string of the molecule is NCCCN(C=O)C(=O)Nc1cc(-c2ccccc2)on1. The first kappa shape index (κ1) is 14.7. The lowest BCUT2D eigenvalue weighted by atomic mass is 10.2. The number of nitrogens with zero attached hydrogens (tertiary/aromatic N) is 2. The maximum Gasteiger partial charge on any atom is 0.329 e. The summed E-state index contributed by atoms with van der Waals surface area (Å²) < 4.78 is 5.15. The quantitative estimate of drug-likeness (QED) is 0.787. The number of nitrogens with two attached hydrogens (primary N) is 1. The number of amides is 3. The Morgan fingerprint density at radius 1 is 1.38 bits per heavy atom. The van der Waals surface area contributed by atoms with Gasteiger partial charge in [0.2, 0.25) is 6.41 Å². The molecular weight excluding hydrogens is 272 g/mol. The molecule has 0 saturated heterocycles. The number of hydrogen-bond acceptors (Lipinski definition) is 5. The van der Waals surface area contributed by atoms with Crippen molar-refractivity contribution in [1.29, 1.82) is 0 Å². The zero-order chi connectivity index (χ0) is 15.1. The molecule has 2 aromatic rings. The molecule has 0 aliphatic rings. The molecule has 0 unspecified atom stereocenters. The minimum atomic E-state index is -0.564. The molecular formula is C14H16N4O3. The summed E-state index contributed by atoms with van der Waals surface area (Å²) in [7, 11) is 0. The first-order valence-corrected chi connectivity index (χ1v) is 6.49. The Kier molecular flexibility index (Phi) is 5.05. The van der Waals surface area contributed by atoms with Gasteiger partial charge in [-0.2, -0.15) is 0 Å². The van der Waals surface area contributed by atoms with E-state index in [4.69, 9.17) is 10.3 Å². The normalized spacial score (nSPS) is 10.1. The number of benzene rings is 1. The van der Waals surface area contributed by atoms with Crippen molar-refractivity contribution in [2.45, 2.75) is 6.42 Å². The molecule has 1 heterocycles. The Morgan fingerprint density at radius 3 is 2.81 bits per heavy atom. The highest BCUT2D eigenvalue weighted by Gasteiger charge is 2.14. The summed E-state index contributed by atoms with van der Waals surface area (Å²) in [6, 6.07) is 10.4. The van der Waals surface area contributed by atoms with Crippen molar-refractivity contribution >= 4 is 18.3 Å². The van der Waals surface area contributed by atoms with E-state index >= 15 is 0 Å². The van der Waals surface area contributed by atoms with Gasteiger partial charge in [0, 0.05) is 18.2 Å². The molecule has 0 spiro atoms. The topological polar surface area (TPSA) is 101 Å². The van der Waals surface area contributed by atoms with E-state index < -0.39 is 6.03 Å². The zero-order valence-corrected chi connectivity index (χ0v) is 11.4. The van der Waals surface area contributed by atoms with Gasteiger partial charge in [-0.1, -0.05) is 35.5 Å². The van der Waals surface area contributed by atoms with Crippen molar-refractivity contribution in [1.82, 2.24) is 10.1 Å². The predicted molar refractivity (Wildman–Crippen MR) is 77.4 cm³/mol. The Hall–Kier alpha value is -2.67. The lowest BCUT2D eigenvalue weighted by Crippen LogP contribution is -2.35. The highest BCUT2D eigenvalue weighted by Crippen LogP contribution is 2.21. The van der Waals surface area contributed by atoms with E-state index in [-0.39, 0.29) is 12.4 Å². The van der Waals surface area contributed by atoms with Crippen molar-refractivity contribution in [3.05, 3.63) is 36.4 Å². The summed E-state index contributed by atoms with van der Waals surface area (Å²) in [6.07, 6.45) is 1.00. The average Bonchev–Trinajstić information content (AvgIpc) is 2.97. The van der Waals surface area contributed by atoms with E-state index in [1.807, 2.05) is 30.3 Å². The second-order valence-corrected chi connectivity index (χ2v) is 4.31. The van der Waals surface area contributed by atoms with Crippen LogP contribution in [0.15, 0.2) is 40.9 Å². The van der Waals surface area contributed by atoms with Gasteiger partial charge in [-0.05, 0) is 13.0 Å². The standard InChI is InChI=1S/C14H16N4O3/c15-7-4-8-18(10-19)14(20)16-13-9-12(21-17-13)11-5-2-1-3-6-11/h1-3,5-6,9-10H,4,7-8,15H2,(H,16,17,20). The molecule has 110 valence electrons. The summed E-state index contributed by atoms with van der Waals surface area (Å²) in [4.78, 5) is 23.7. The maximum atomic E-state index is 11.9. The lowest BCUT2D eigenvalue weighted by molar-refractivity contribution is -0.115. The molecule has 0 saturated carbocycles. The zero-order valence-electron chi connectivity index (χ0n) is 11.4. The number of rotatable bonds is 6. The fourth-order valence-corrected chi connectivity index (χ4v) is 1.72. The Labute approximate surface area is 121 Å². The van der Waals surface area contributed by atoms with E-state index in [1.54, 1.807) is 6.07 Å². The predicted octanol–water partition coefficient (Wildman–Crippen LogP) is 1.68. The first-order chi connectivity index (χ1) is 10.2. The highest BCUT2D eigenvalue weighted by atomic mass is 16.5. The van der Waals surface area contributed by atoms with Gasteiger partial charge in [-0.3, -0.25) is 15.0 Å². The van der Waals surface area contributed by atoms with Crippen LogP contribution in [0.25, 0.3) is 11.3 Å². The second-order valence-electron chi connectivity index (χ2n) is 4.31. The minimum absolute atomic E-state index is 0.249. The molecule has 0 bridgehead atoms. The molecule has 7 heteroatoms. The summed E-state index contributed by atoms with van der Waals surface area (Å²) in [5.41, 5.74) is 6.20. The van der Waals surface area contributed by atoms with Crippen LogP contribution in [-0.4, -0.2) is 35.6 Å². The van der Waals surface area contributed by atoms with Crippen molar-refractivity contribution in [2.75, 3.05) is 18.4 Å². The monoisotopic (exact) mass is 288 g/mol. The molecule has 0 radical (unpaired) electrons. The summed E-state index contributed by atoms with van der Waals surface area (Å²) >= 11 is 0. The minimum Gasteiger partial charge on any atom is -0.354 e. The fraction of sp³-hybridized carbons (Fsp3) is 0.214. The van der Waals surface area contributed by atoms with Gasteiger partial charge >= 0.3 is 6.03 Å². The molecule has 1 aromatic carbocycles. The summed E-state index contributed by atoms with van der Waals surface area (Å²) in [5.74, 6) is 0.781. The Balaban J connectivity index is 2.02. The third kappa shape index (κ3) is 3.90. The van der Waals surface area contributed by atoms with Crippen LogP contribution in [0.4, 0.5) is 10.6 Å². The van der Waals surface area contributed by atoms with Crippen molar-refractivity contribution < 1.29 is 14.1 Å². The van der Waals surface area contributed by atoms with Gasteiger partial charge in [0.15, 0.2) is 11.6 Å². The van der Waals surface area contributed by atoms with E-state index in [1.165, 1.54) is 0 Å². The van der Waals surface area contributed by atoms with Crippen LogP contribution in [-0.2, 0) is 4.79 Å². The number of nitrogens with one attached hydrogen (secondary N) is 1. The van der Waals surface area contributed by atoms with Gasteiger partial charge in [0.1, 0.15) is 0 Å². The van der Waals surface area contributed by atoms with E-state index in [0.29, 0.717) is 25.1 Å². The van der Waals surface area contributed by atoms with Gasteiger partial charge in [0.05, 0.1) is 0 Å². The molecule has 3 N–H and O–H groups in total. The largest absolute Gasteiger partial charge is 0.354 e. The van der Waals surface area contributed by atoms with Crippen LogP contribution in [0.1, 0.15) is 6.42 Å². The van der Waals surface area contributed by atoms with Crippen LogP contribution in [0, 0.1) is 0 Å². The van der Waals surface area contributed by atoms with Crippen LogP contribution < -0.4 is 11.1 Å². The molecule has 0 aliphatic heterocycles. The molecule has 0 fully saturated rings. The van der Waals surface area contributed by atoms with E-state index in [2.05, 4.69) is 10.5 Å². The Bertz CT molecular complexity index is 597. The number of aromatic nitrogens is 1. The number of carbonyl (C=O) groups excluding carboxylic acids is 2. The number of imide groups is 1. The number of urea groups is 1. The van der Waals surface area contributed by atoms with Crippen LogP contribution >= 0.6 is 0 Å². The van der Waals surface area contributed by atoms with Crippen LogP contribution in [0.2, 0.25) is 0 Å². The number of hydrogen-bond donors (Lipinski definition) is 2. The molecule has 3 amide bonds. The second kappa shape index (κ2) is 7.20. The molecule has 1 aromatic heterocycles. The number of anilines is 1. The molecule has 7 nitrogen and oxygen atoms in total. The van der Waals surface area contributed by atoms with Gasteiger partial charge < -0.3 is 10.3 Å². The van der Waals surface area contributed by atoms with E-state index in [0.717, 1.165) is 10.5 Å². The molecule has 21 heavy (non-hydrogen) atoms.